The number of ether oxygens (including phenoxy) is 1. The lowest BCUT2D eigenvalue weighted by Crippen LogP contribution is -2.48. The number of nitro groups is 1. The first kappa shape index (κ1) is 21.3. The molecule has 0 saturated carbocycles. The minimum Gasteiger partial charge on any atom is -0.461 e. The first-order chi connectivity index (χ1) is 15.0. The number of non-ortho nitro benzene ring substituents is 1. The smallest absolute Gasteiger partial charge is 0.296 e. The standard InChI is InChI=1S/C21H29N7O3/c1-4-16-14-23-27-19(16)24-21(31-18-8-10-25(2)11-9-18)26(3)20(27)22-13-15-6-5-7-17(12-15)28(29)30/h5-7,12,14,18,20,22H,4,8-11,13H2,1-3H3. The van der Waals surface area contributed by atoms with Gasteiger partial charge in [-0.2, -0.15) is 10.1 Å². The predicted molar refractivity (Wildman–Crippen MR) is 117 cm³/mol. The minimum atomic E-state index is -0.379. The van der Waals surface area contributed by atoms with Crippen molar-refractivity contribution in [3.63, 3.8) is 0 Å². The molecule has 2 aliphatic heterocycles. The summed E-state index contributed by atoms with van der Waals surface area (Å²) in [6, 6.07) is 7.23. The third kappa shape index (κ3) is 4.54. The summed E-state index contributed by atoms with van der Waals surface area (Å²) in [6.07, 6.45) is 4.42. The van der Waals surface area contributed by atoms with E-state index in [-0.39, 0.29) is 23.0 Å². The molecule has 0 aliphatic carbocycles. The van der Waals surface area contributed by atoms with Crippen LogP contribution in [0.4, 0.5) is 11.5 Å². The maximum atomic E-state index is 11.1. The van der Waals surface area contributed by atoms with Crippen LogP contribution in [0.15, 0.2) is 35.5 Å². The van der Waals surface area contributed by atoms with Crippen molar-refractivity contribution in [1.29, 1.82) is 0 Å². The largest absolute Gasteiger partial charge is 0.461 e. The van der Waals surface area contributed by atoms with Gasteiger partial charge >= 0.3 is 0 Å². The number of nitrogens with one attached hydrogen (secondary N) is 1. The van der Waals surface area contributed by atoms with Gasteiger partial charge in [0.2, 0.25) is 0 Å². The van der Waals surface area contributed by atoms with Gasteiger partial charge in [0, 0.05) is 44.4 Å². The minimum absolute atomic E-state index is 0.0807. The normalized spacial score (nSPS) is 19.8. The molecule has 3 heterocycles. The summed E-state index contributed by atoms with van der Waals surface area (Å²) in [7, 11) is 4.05. The van der Waals surface area contributed by atoms with Crippen LogP contribution in [0.3, 0.4) is 0 Å². The van der Waals surface area contributed by atoms with E-state index in [2.05, 4.69) is 29.3 Å². The van der Waals surface area contributed by atoms with Crippen LogP contribution in [0.25, 0.3) is 0 Å². The van der Waals surface area contributed by atoms with Crippen molar-refractivity contribution in [2.75, 3.05) is 27.2 Å². The first-order valence-electron chi connectivity index (χ1n) is 10.7. The van der Waals surface area contributed by atoms with Crippen LogP contribution >= 0.6 is 0 Å². The summed E-state index contributed by atoms with van der Waals surface area (Å²) < 4.78 is 8.18. The summed E-state index contributed by atoms with van der Waals surface area (Å²) >= 11 is 0. The van der Waals surface area contributed by atoms with Gasteiger partial charge in [0.25, 0.3) is 11.7 Å². The molecule has 166 valence electrons. The Labute approximate surface area is 181 Å². The molecule has 1 aromatic heterocycles. The lowest BCUT2D eigenvalue weighted by atomic mass is 10.1. The van der Waals surface area contributed by atoms with E-state index in [0.29, 0.717) is 12.6 Å². The van der Waals surface area contributed by atoms with Gasteiger partial charge in [-0.15, -0.1) is 0 Å². The van der Waals surface area contributed by atoms with Gasteiger partial charge in [-0.1, -0.05) is 19.1 Å². The summed E-state index contributed by atoms with van der Waals surface area (Å²) in [6.45, 7) is 4.54. The molecule has 0 amide bonds. The molecule has 31 heavy (non-hydrogen) atoms. The van der Waals surface area contributed by atoms with E-state index in [1.807, 2.05) is 28.9 Å². The molecule has 1 unspecified atom stereocenters. The number of aromatic nitrogens is 2. The third-order valence-corrected chi connectivity index (χ3v) is 5.87. The number of hydrogen-bond acceptors (Lipinski definition) is 8. The lowest BCUT2D eigenvalue weighted by molar-refractivity contribution is -0.384. The van der Waals surface area contributed by atoms with Gasteiger partial charge in [-0.25, -0.2) is 4.68 Å². The fourth-order valence-corrected chi connectivity index (χ4v) is 3.95. The van der Waals surface area contributed by atoms with Crippen molar-refractivity contribution >= 4 is 17.5 Å². The molecular formula is C21H29N7O3. The average Bonchev–Trinajstić information content (AvgIpc) is 3.18. The zero-order valence-corrected chi connectivity index (χ0v) is 18.2. The predicted octanol–water partition coefficient (Wildman–Crippen LogP) is 2.64. The van der Waals surface area contributed by atoms with Crippen molar-refractivity contribution < 1.29 is 9.66 Å². The quantitative estimate of drug-likeness (QED) is 0.559. The van der Waals surface area contributed by atoms with Gasteiger partial charge < -0.3 is 9.64 Å². The van der Waals surface area contributed by atoms with Crippen LogP contribution in [0, 0.1) is 10.1 Å². The Balaban J connectivity index is 1.54. The number of nitrogens with zero attached hydrogens (tertiary/aromatic N) is 6. The number of nitro benzene ring substituents is 1. The topological polar surface area (TPSA) is 101 Å². The van der Waals surface area contributed by atoms with E-state index in [9.17, 15) is 10.1 Å². The zero-order chi connectivity index (χ0) is 22.0. The highest BCUT2D eigenvalue weighted by Crippen LogP contribution is 2.30. The summed E-state index contributed by atoms with van der Waals surface area (Å²) in [4.78, 5) is 19.7. The number of piperidine rings is 1. The van der Waals surface area contributed by atoms with E-state index in [4.69, 9.17) is 9.73 Å². The number of likely N-dealkylation sites (tertiary alicyclic amines) is 1. The van der Waals surface area contributed by atoms with Gasteiger partial charge in [0.05, 0.1) is 11.1 Å². The van der Waals surface area contributed by atoms with E-state index in [1.54, 1.807) is 12.1 Å². The zero-order valence-electron chi connectivity index (χ0n) is 18.2. The maximum Gasteiger partial charge on any atom is 0.296 e. The molecule has 1 aromatic carbocycles. The lowest BCUT2D eigenvalue weighted by Gasteiger charge is -2.37. The molecule has 2 aromatic rings. The van der Waals surface area contributed by atoms with Crippen molar-refractivity contribution in [3.05, 3.63) is 51.7 Å². The summed E-state index contributed by atoms with van der Waals surface area (Å²) in [5, 5.41) is 19.1. The molecule has 1 atom stereocenters. The Morgan fingerprint density at radius 2 is 2.06 bits per heavy atom. The molecule has 0 bridgehead atoms. The first-order valence-corrected chi connectivity index (χ1v) is 10.7. The highest BCUT2D eigenvalue weighted by atomic mass is 16.6. The van der Waals surface area contributed by atoms with Gasteiger partial charge in [0.15, 0.2) is 12.1 Å². The summed E-state index contributed by atoms with van der Waals surface area (Å²) in [5.74, 6) is 0.792. The van der Waals surface area contributed by atoms with Crippen LogP contribution in [0.2, 0.25) is 0 Å². The number of aliphatic imine (C=N–C) groups is 1. The number of fused-ring (bicyclic) bond motifs is 1. The van der Waals surface area contributed by atoms with Gasteiger partial charge in [-0.3, -0.25) is 20.3 Å². The SMILES string of the molecule is CCc1cnn2c1N=C(OC1CCN(C)CC1)N(C)C2NCc1cccc([N+](=O)[O-])c1. The van der Waals surface area contributed by atoms with Crippen LogP contribution < -0.4 is 5.32 Å². The van der Waals surface area contributed by atoms with Crippen LogP contribution in [-0.2, 0) is 17.7 Å². The molecule has 1 N–H and O–H groups in total. The van der Waals surface area contributed by atoms with Crippen molar-refractivity contribution in [2.45, 2.75) is 45.1 Å². The number of benzene rings is 1. The Morgan fingerprint density at radius 3 is 2.77 bits per heavy atom. The van der Waals surface area contributed by atoms with Crippen LogP contribution in [0.5, 0.6) is 0 Å². The van der Waals surface area contributed by atoms with E-state index in [0.717, 1.165) is 49.3 Å². The molecular weight excluding hydrogens is 398 g/mol. The molecule has 1 saturated heterocycles. The second kappa shape index (κ2) is 9.03. The Kier molecular flexibility index (Phi) is 6.19. The summed E-state index contributed by atoms with van der Waals surface area (Å²) in [5.41, 5.74) is 1.96. The second-order valence-electron chi connectivity index (χ2n) is 8.10. The van der Waals surface area contributed by atoms with E-state index >= 15 is 0 Å². The highest BCUT2D eigenvalue weighted by molar-refractivity contribution is 5.78. The van der Waals surface area contributed by atoms with E-state index < -0.39 is 0 Å². The molecule has 0 spiro atoms. The fourth-order valence-electron chi connectivity index (χ4n) is 3.95. The average molecular weight is 428 g/mol. The van der Waals surface area contributed by atoms with Crippen molar-refractivity contribution in [3.8, 4) is 0 Å². The fraction of sp³-hybridized carbons (Fsp3) is 0.524. The Morgan fingerprint density at radius 1 is 1.29 bits per heavy atom. The number of aryl methyl sites for hydroxylation is 1. The number of amidine groups is 1. The Bertz CT molecular complexity index is 966. The molecule has 0 radical (unpaired) electrons. The van der Waals surface area contributed by atoms with Crippen LogP contribution in [-0.4, -0.2) is 63.8 Å². The molecule has 10 nitrogen and oxygen atoms in total. The molecule has 2 aliphatic rings. The second-order valence-corrected chi connectivity index (χ2v) is 8.10. The number of hydrogen-bond donors (Lipinski definition) is 1. The van der Waals surface area contributed by atoms with E-state index in [1.165, 1.54) is 6.07 Å². The van der Waals surface area contributed by atoms with Gasteiger partial charge in [0.1, 0.15) is 6.10 Å². The molecule has 10 heteroatoms. The van der Waals surface area contributed by atoms with Crippen LogP contribution in [0.1, 0.15) is 37.2 Å². The maximum absolute atomic E-state index is 11.1. The molecule has 1 fully saturated rings. The number of rotatable bonds is 6. The van der Waals surface area contributed by atoms with Gasteiger partial charge in [-0.05, 0) is 31.9 Å². The van der Waals surface area contributed by atoms with Crippen molar-refractivity contribution in [2.24, 2.45) is 4.99 Å². The van der Waals surface area contributed by atoms with Crippen molar-refractivity contribution in [1.82, 2.24) is 24.9 Å². The third-order valence-electron chi connectivity index (χ3n) is 5.87. The monoisotopic (exact) mass is 427 g/mol. The molecule has 4 rings (SSSR count). The highest BCUT2D eigenvalue weighted by Gasteiger charge is 2.32. The Hall–Kier alpha value is -2.98.